The maximum Gasteiger partial charge on any atom is 0.238 e. The largest absolute Gasteiger partial charge is 0.506 e. The Bertz CT molecular complexity index is 1260. The lowest BCUT2D eigenvalue weighted by molar-refractivity contribution is 0.478. The fourth-order valence-electron chi connectivity index (χ4n) is 3.07. The van der Waals surface area contributed by atoms with Gasteiger partial charge in [-0.15, -0.1) is 11.3 Å². The first kappa shape index (κ1) is 23.3. The number of sulfonamides is 1. The Kier molecular flexibility index (Phi) is 7.06. The van der Waals surface area contributed by atoms with E-state index < -0.39 is 10.0 Å². The van der Waals surface area contributed by atoms with Crippen LogP contribution in [0.15, 0.2) is 57.7 Å². The van der Waals surface area contributed by atoms with Gasteiger partial charge in [-0.1, -0.05) is 42.5 Å². The quantitative estimate of drug-likeness (QED) is 0.381. The van der Waals surface area contributed by atoms with Crippen molar-refractivity contribution in [3.05, 3.63) is 70.1 Å². The molecule has 5 nitrogen and oxygen atoms in total. The average molecular weight is 473 g/mol. The van der Waals surface area contributed by atoms with Gasteiger partial charge in [0.2, 0.25) is 10.0 Å². The van der Waals surface area contributed by atoms with Crippen LogP contribution in [0.1, 0.15) is 29.2 Å². The lowest BCUT2D eigenvalue weighted by Crippen LogP contribution is -2.12. The predicted molar refractivity (Wildman–Crippen MR) is 132 cm³/mol. The van der Waals surface area contributed by atoms with E-state index in [1.54, 1.807) is 12.1 Å². The molecule has 3 N–H and O–H groups in total. The molecule has 3 aromatic rings. The number of aliphatic imine (C=N–C) groups is 1. The van der Waals surface area contributed by atoms with Crippen molar-refractivity contribution in [2.75, 3.05) is 6.54 Å². The Labute approximate surface area is 192 Å². The number of hydrogen-bond donors (Lipinski definition) is 2. The van der Waals surface area contributed by atoms with Crippen molar-refractivity contribution < 1.29 is 13.5 Å². The molecule has 0 spiro atoms. The Morgan fingerprint density at radius 3 is 2.42 bits per heavy atom. The van der Waals surface area contributed by atoms with Crippen LogP contribution in [0.5, 0.6) is 5.75 Å². The summed E-state index contributed by atoms with van der Waals surface area (Å²) in [4.78, 5) is 6.16. The molecule has 8 heteroatoms. The van der Waals surface area contributed by atoms with Gasteiger partial charge in [0.1, 0.15) is 5.75 Å². The van der Waals surface area contributed by atoms with Gasteiger partial charge in [0.25, 0.3) is 0 Å². The first-order valence-corrected chi connectivity index (χ1v) is 12.4. The summed E-state index contributed by atoms with van der Waals surface area (Å²) < 4.78 is 22.7. The maximum atomic E-state index is 11.3. The van der Waals surface area contributed by atoms with Crippen LogP contribution in [-0.4, -0.2) is 30.6 Å². The van der Waals surface area contributed by atoms with E-state index >= 15 is 0 Å². The summed E-state index contributed by atoms with van der Waals surface area (Å²) in [5.74, 6) is 0.235. The Morgan fingerprint density at radius 1 is 1.13 bits per heavy atom. The van der Waals surface area contributed by atoms with Crippen LogP contribution in [0.3, 0.4) is 0 Å². The molecule has 0 atom stereocenters. The molecule has 0 aliphatic heterocycles. The molecule has 1 aromatic heterocycles. The molecule has 0 saturated heterocycles. The smallest absolute Gasteiger partial charge is 0.238 e. The SMILES string of the molecule is CC(=NCC(=S)Cc1ccc(S(N)(=O)=O)cc1)c1csc(-c2ccc(C)c(C)c2)c1O. The molecule has 0 amide bonds. The number of thiocarbonyl (C=S) groups is 1. The molecule has 3 rings (SSSR count). The molecule has 0 unspecified atom stereocenters. The van der Waals surface area contributed by atoms with Crippen LogP contribution < -0.4 is 5.14 Å². The van der Waals surface area contributed by atoms with Gasteiger partial charge in [0, 0.05) is 27.9 Å². The molecule has 2 aromatic carbocycles. The third-order valence-corrected chi connectivity index (χ3v) is 7.29. The zero-order valence-electron chi connectivity index (χ0n) is 17.5. The normalized spacial score (nSPS) is 12.2. The van der Waals surface area contributed by atoms with E-state index in [1.165, 1.54) is 34.6 Å². The summed E-state index contributed by atoms with van der Waals surface area (Å²) >= 11 is 6.93. The highest BCUT2D eigenvalue weighted by Gasteiger charge is 2.15. The van der Waals surface area contributed by atoms with Gasteiger partial charge in [0.05, 0.1) is 16.3 Å². The van der Waals surface area contributed by atoms with Gasteiger partial charge in [-0.25, -0.2) is 13.6 Å². The van der Waals surface area contributed by atoms with Crippen LogP contribution in [0.4, 0.5) is 0 Å². The van der Waals surface area contributed by atoms with Gasteiger partial charge in [0.15, 0.2) is 0 Å². The van der Waals surface area contributed by atoms with Crippen LogP contribution >= 0.6 is 23.6 Å². The third kappa shape index (κ3) is 5.65. The van der Waals surface area contributed by atoms with Crippen molar-refractivity contribution >= 4 is 44.2 Å². The van der Waals surface area contributed by atoms with Crippen molar-refractivity contribution in [3.63, 3.8) is 0 Å². The fraction of sp³-hybridized carbons (Fsp3) is 0.217. The van der Waals surface area contributed by atoms with Crippen LogP contribution in [0, 0.1) is 13.8 Å². The molecule has 0 saturated carbocycles. The van der Waals surface area contributed by atoms with E-state index in [1.807, 2.05) is 18.4 Å². The standard InChI is InChI=1S/C23H24N2O3S3/c1-14-4-7-18(10-15(14)2)23-22(26)21(13-30-23)16(3)25-12-19(29)11-17-5-8-20(9-6-17)31(24,27)28/h4-10,13,26H,11-12H2,1-3H3,(H2,24,27,28). The van der Waals surface area contributed by atoms with Crippen molar-refractivity contribution in [1.82, 2.24) is 0 Å². The van der Waals surface area contributed by atoms with Crippen LogP contribution in [0.2, 0.25) is 0 Å². The van der Waals surface area contributed by atoms with Crippen molar-refractivity contribution in [3.8, 4) is 16.2 Å². The molecule has 0 fully saturated rings. The van der Waals surface area contributed by atoms with Gasteiger partial charge in [-0.05, 0) is 55.2 Å². The lowest BCUT2D eigenvalue weighted by Gasteiger charge is -2.06. The molecule has 1 heterocycles. The van der Waals surface area contributed by atoms with E-state index in [9.17, 15) is 13.5 Å². The minimum absolute atomic E-state index is 0.0727. The number of primary sulfonamides is 1. The summed E-state index contributed by atoms with van der Waals surface area (Å²) in [6.07, 6.45) is 0.501. The molecule has 0 aliphatic rings. The number of aryl methyl sites for hydroxylation is 2. The number of benzene rings is 2. The molecule has 0 aliphatic carbocycles. The molecule has 31 heavy (non-hydrogen) atoms. The van der Waals surface area contributed by atoms with Gasteiger partial charge in [-0.2, -0.15) is 0 Å². The fourth-order valence-corrected chi connectivity index (χ4v) is 4.82. The number of thiophene rings is 1. The van der Waals surface area contributed by atoms with E-state index in [2.05, 4.69) is 31.0 Å². The van der Waals surface area contributed by atoms with Crippen molar-refractivity contribution in [2.24, 2.45) is 10.1 Å². The monoisotopic (exact) mass is 472 g/mol. The zero-order chi connectivity index (χ0) is 22.8. The minimum atomic E-state index is -3.70. The number of aromatic hydroxyl groups is 1. The Hall–Kier alpha value is -2.39. The maximum absolute atomic E-state index is 11.3. The molecule has 162 valence electrons. The lowest BCUT2D eigenvalue weighted by atomic mass is 10.0. The second-order valence-corrected chi connectivity index (χ2v) is 10.5. The van der Waals surface area contributed by atoms with Crippen molar-refractivity contribution in [1.29, 1.82) is 0 Å². The van der Waals surface area contributed by atoms with Crippen LogP contribution in [0.25, 0.3) is 10.4 Å². The highest BCUT2D eigenvalue weighted by atomic mass is 32.2. The van der Waals surface area contributed by atoms with Crippen molar-refractivity contribution in [2.45, 2.75) is 32.1 Å². The third-order valence-electron chi connectivity index (χ3n) is 5.07. The minimum Gasteiger partial charge on any atom is -0.506 e. The van der Waals surface area contributed by atoms with E-state index in [4.69, 9.17) is 17.4 Å². The Morgan fingerprint density at radius 2 is 1.81 bits per heavy atom. The topological polar surface area (TPSA) is 92.8 Å². The summed E-state index contributed by atoms with van der Waals surface area (Å²) in [7, 11) is -3.70. The highest BCUT2D eigenvalue weighted by molar-refractivity contribution is 7.89. The second kappa shape index (κ2) is 9.40. The first-order chi connectivity index (χ1) is 14.6. The van der Waals surface area contributed by atoms with Crippen LogP contribution in [-0.2, 0) is 16.4 Å². The van der Waals surface area contributed by atoms with E-state index in [0.717, 1.165) is 21.7 Å². The van der Waals surface area contributed by atoms with Gasteiger partial charge >= 0.3 is 0 Å². The number of rotatable bonds is 7. The molecular formula is C23H24N2O3S3. The second-order valence-electron chi connectivity index (χ2n) is 7.43. The summed E-state index contributed by atoms with van der Waals surface area (Å²) in [5.41, 5.74) is 5.70. The number of nitrogens with two attached hydrogens (primary N) is 1. The average Bonchev–Trinajstić information content (AvgIpc) is 3.09. The highest BCUT2D eigenvalue weighted by Crippen LogP contribution is 2.39. The number of hydrogen-bond acceptors (Lipinski definition) is 6. The summed E-state index contributed by atoms with van der Waals surface area (Å²) in [6, 6.07) is 12.5. The number of nitrogens with zero attached hydrogens (tertiary/aromatic N) is 1. The summed E-state index contributed by atoms with van der Waals surface area (Å²) in [6.45, 7) is 6.31. The molecule has 0 radical (unpaired) electrons. The van der Waals surface area contributed by atoms with Gasteiger partial charge < -0.3 is 5.11 Å². The first-order valence-electron chi connectivity index (χ1n) is 9.59. The summed E-state index contributed by atoms with van der Waals surface area (Å²) in [5, 5.41) is 17.8. The molecular weight excluding hydrogens is 448 g/mol. The molecule has 0 bridgehead atoms. The zero-order valence-corrected chi connectivity index (χ0v) is 20.0. The Balaban J connectivity index is 1.69. The van der Waals surface area contributed by atoms with E-state index in [0.29, 0.717) is 23.4 Å². The van der Waals surface area contributed by atoms with E-state index in [-0.39, 0.29) is 10.6 Å². The predicted octanol–water partition coefficient (Wildman–Crippen LogP) is 4.81. The van der Waals surface area contributed by atoms with Gasteiger partial charge in [-0.3, -0.25) is 4.99 Å².